The molecule has 2 aromatic rings. The monoisotopic (exact) mass is 264 g/mol. The van der Waals surface area contributed by atoms with Gasteiger partial charge in [0.05, 0.1) is 6.10 Å². The maximum atomic E-state index is 13.1. The Hall–Kier alpha value is -1.88. The van der Waals surface area contributed by atoms with Crippen LogP contribution in [0.2, 0.25) is 0 Å². The van der Waals surface area contributed by atoms with Crippen molar-refractivity contribution in [1.29, 1.82) is 0 Å². The van der Waals surface area contributed by atoms with E-state index in [1.807, 2.05) is 0 Å². The van der Waals surface area contributed by atoms with Crippen LogP contribution in [0.1, 0.15) is 35.7 Å². The summed E-state index contributed by atoms with van der Waals surface area (Å²) in [6.45, 7) is 3.40. The molecule has 1 aromatic carbocycles. The summed E-state index contributed by atoms with van der Waals surface area (Å²) in [5.41, 5.74) is 1.78. The smallest absolute Gasteiger partial charge is 0.132 e. The summed E-state index contributed by atoms with van der Waals surface area (Å²) in [5.74, 6) is -0.772. The second-order valence-corrected chi connectivity index (χ2v) is 4.46. The fourth-order valence-electron chi connectivity index (χ4n) is 1.92. The number of hydrogen-bond donors (Lipinski definition) is 1. The molecule has 1 aromatic heterocycles. The van der Waals surface area contributed by atoms with Crippen LogP contribution in [0.15, 0.2) is 24.4 Å². The van der Waals surface area contributed by atoms with Gasteiger partial charge in [0, 0.05) is 29.9 Å². The molecule has 3 nitrogen and oxygen atoms in total. The number of nitrogens with zero attached hydrogens (tertiary/aromatic N) is 2. The van der Waals surface area contributed by atoms with E-state index in [0.29, 0.717) is 22.6 Å². The normalized spacial score (nSPS) is 12.5. The predicted molar refractivity (Wildman–Crippen MR) is 66.6 cm³/mol. The Morgan fingerprint density at radius 3 is 2.37 bits per heavy atom. The summed E-state index contributed by atoms with van der Waals surface area (Å²) in [4.78, 5) is 8.33. The van der Waals surface area contributed by atoms with Crippen LogP contribution in [0.25, 0.3) is 0 Å². The standard InChI is InChI=1S/C14H14F2N2O/c1-8-13(9(2)19)7-17-14(18-8)5-10-3-11(15)6-12(16)4-10/h3-4,6-7,9,19H,5H2,1-2H3. The average Bonchev–Trinajstić information content (AvgIpc) is 2.26. The minimum Gasteiger partial charge on any atom is -0.389 e. The van der Waals surface area contributed by atoms with Gasteiger partial charge in [-0.2, -0.15) is 0 Å². The second-order valence-electron chi connectivity index (χ2n) is 4.46. The van der Waals surface area contributed by atoms with Crippen LogP contribution in [0.4, 0.5) is 8.78 Å². The minimum atomic E-state index is -0.638. The van der Waals surface area contributed by atoms with Crippen molar-refractivity contribution in [2.75, 3.05) is 0 Å². The fraction of sp³-hybridized carbons (Fsp3) is 0.286. The van der Waals surface area contributed by atoms with E-state index in [0.717, 1.165) is 6.07 Å². The van der Waals surface area contributed by atoms with Crippen LogP contribution < -0.4 is 0 Å². The number of halogens is 2. The van der Waals surface area contributed by atoms with Gasteiger partial charge in [-0.3, -0.25) is 0 Å². The highest BCUT2D eigenvalue weighted by Crippen LogP contribution is 2.16. The zero-order valence-electron chi connectivity index (χ0n) is 10.7. The molecule has 5 heteroatoms. The largest absolute Gasteiger partial charge is 0.389 e. The van der Waals surface area contributed by atoms with Crippen molar-refractivity contribution in [3.63, 3.8) is 0 Å². The zero-order chi connectivity index (χ0) is 14.0. The molecule has 0 fully saturated rings. The average molecular weight is 264 g/mol. The SMILES string of the molecule is Cc1nc(Cc2cc(F)cc(F)c2)ncc1C(C)O. The Kier molecular flexibility index (Phi) is 3.85. The van der Waals surface area contributed by atoms with Gasteiger partial charge < -0.3 is 5.11 Å². The number of benzene rings is 1. The Labute approximate surface area is 110 Å². The molecular formula is C14H14F2N2O. The molecule has 19 heavy (non-hydrogen) atoms. The van der Waals surface area contributed by atoms with Crippen LogP contribution in [0, 0.1) is 18.6 Å². The summed E-state index contributed by atoms with van der Waals surface area (Å²) >= 11 is 0. The summed E-state index contributed by atoms with van der Waals surface area (Å²) in [5, 5.41) is 9.48. The Balaban J connectivity index is 2.26. The van der Waals surface area contributed by atoms with Crippen LogP contribution in [-0.4, -0.2) is 15.1 Å². The van der Waals surface area contributed by atoms with Gasteiger partial charge in [-0.1, -0.05) is 0 Å². The summed E-state index contributed by atoms with van der Waals surface area (Å²) in [7, 11) is 0. The van der Waals surface area contributed by atoms with Crippen molar-refractivity contribution in [3.8, 4) is 0 Å². The van der Waals surface area contributed by atoms with Gasteiger partial charge in [0.2, 0.25) is 0 Å². The van der Waals surface area contributed by atoms with E-state index in [2.05, 4.69) is 9.97 Å². The van der Waals surface area contributed by atoms with Crippen molar-refractivity contribution in [3.05, 3.63) is 58.7 Å². The number of aliphatic hydroxyl groups is 1. The predicted octanol–water partition coefficient (Wildman–Crippen LogP) is 2.71. The van der Waals surface area contributed by atoms with Gasteiger partial charge in [0.1, 0.15) is 17.5 Å². The van der Waals surface area contributed by atoms with Gasteiger partial charge in [0.15, 0.2) is 0 Å². The van der Waals surface area contributed by atoms with E-state index in [9.17, 15) is 13.9 Å². The number of aliphatic hydroxyl groups excluding tert-OH is 1. The highest BCUT2D eigenvalue weighted by Gasteiger charge is 2.09. The lowest BCUT2D eigenvalue weighted by atomic mass is 10.1. The molecule has 1 heterocycles. The van der Waals surface area contributed by atoms with E-state index in [-0.39, 0.29) is 6.42 Å². The molecule has 1 atom stereocenters. The maximum Gasteiger partial charge on any atom is 0.132 e. The van der Waals surface area contributed by atoms with Crippen LogP contribution in [-0.2, 0) is 6.42 Å². The number of hydrogen-bond acceptors (Lipinski definition) is 3. The van der Waals surface area contributed by atoms with Crippen molar-refractivity contribution < 1.29 is 13.9 Å². The van der Waals surface area contributed by atoms with E-state index in [4.69, 9.17) is 0 Å². The third-order valence-electron chi connectivity index (χ3n) is 2.80. The lowest BCUT2D eigenvalue weighted by Gasteiger charge is -2.09. The Morgan fingerprint density at radius 2 is 1.84 bits per heavy atom. The van der Waals surface area contributed by atoms with E-state index < -0.39 is 17.7 Å². The van der Waals surface area contributed by atoms with Crippen LogP contribution in [0.3, 0.4) is 0 Å². The third-order valence-corrected chi connectivity index (χ3v) is 2.80. The maximum absolute atomic E-state index is 13.1. The minimum absolute atomic E-state index is 0.246. The molecule has 0 saturated heterocycles. The van der Waals surface area contributed by atoms with E-state index in [1.54, 1.807) is 13.8 Å². The van der Waals surface area contributed by atoms with Crippen molar-refractivity contribution in [1.82, 2.24) is 9.97 Å². The first kappa shape index (κ1) is 13.5. The molecule has 0 saturated carbocycles. The third kappa shape index (κ3) is 3.32. The number of aryl methyl sites for hydroxylation is 1. The zero-order valence-corrected chi connectivity index (χ0v) is 10.7. The highest BCUT2D eigenvalue weighted by atomic mass is 19.1. The van der Waals surface area contributed by atoms with Crippen molar-refractivity contribution in [2.45, 2.75) is 26.4 Å². The summed E-state index contributed by atoms with van der Waals surface area (Å²) in [6, 6.07) is 3.33. The molecule has 1 N–H and O–H groups in total. The first-order valence-electron chi connectivity index (χ1n) is 5.91. The molecule has 0 bridgehead atoms. The molecule has 0 aliphatic carbocycles. The van der Waals surface area contributed by atoms with Crippen LogP contribution in [0.5, 0.6) is 0 Å². The molecule has 2 rings (SSSR count). The first-order valence-corrected chi connectivity index (χ1v) is 5.91. The lowest BCUT2D eigenvalue weighted by molar-refractivity contribution is 0.197. The van der Waals surface area contributed by atoms with Gasteiger partial charge >= 0.3 is 0 Å². The molecule has 0 aliphatic heterocycles. The lowest BCUT2D eigenvalue weighted by Crippen LogP contribution is -2.04. The van der Waals surface area contributed by atoms with Gasteiger partial charge in [0.25, 0.3) is 0 Å². The molecule has 0 amide bonds. The van der Waals surface area contributed by atoms with Gasteiger partial charge in [-0.05, 0) is 31.5 Å². The quantitative estimate of drug-likeness (QED) is 0.927. The molecular weight excluding hydrogens is 250 g/mol. The topological polar surface area (TPSA) is 46.0 Å². The first-order chi connectivity index (χ1) is 8.95. The molecule has 1 unspecified atom stereocenters. The fourth-order valence-corrected chi connectivity index (χ4v) is 1.92. The summed E-state index contributed by atoms with van der Waals surface area (Å²) in [6.07, 6.45) is 1.15. The molecule has 0 spiro atoms. The Morgan fingerprint density at radius 1 is 1.21 bits per heavy atom. The van der Waals surface area contributed by atoms with Gasteiger partial charge in [-0.25, -0.2) is 18.7 Å². The summed E-state index contributed by atoms with van der Waals surface area (Å²) < 4.78 is 26.1. The van der Waals surface area contributed by atoms with Crippen molar-refractivity contribution in [2.24, 2.45) is 0 Å². The second kappa shape index (κ2) is 5.40. The van der Waals surface area contributed by atoms with Crippen LogP contribution >= 0.6 is 0 Å². The van der Waals surface area contributed by atoms with E-state index >= 15 is 0 Å². The highest BCUT2D eigenvalue weighted by molar-refractivity contribution is 5.24. The molecule has 0 aliphatic rings. The number of rotatable bonds is 3. The molecule has 0 radical (unpaired) electrons. The Bertz CT molecular complexity index is 580. The van der Waals surface area contributed by atoms with Gasteiger partial charge in [-0.15, -0.1) is 0 Å². The van der Waals surface area contributed by atoms with Crippen molar-refractivity contribution >= 4 is 0 Å². The molecule has 100 valence electrons. The number of aromatic nitrogens is 2. The van der Waals surface area contributed by atoms with E-state index in [1.165, 1.54) is 18.3 Å².